The van der Waals surface area contributed by atoms with E-state index >= 15 is 0 Å². The number of nitrogens with zero attached hydrogens (tertiary/aromatic N) is 1. The largest absolute Gasteiger partial charge is 0.381 e. The number of hydrogen-bond acceptors (Lipinski definition) is 3. The van der Waals surface area contributed by atoms with Crippen LogP contribution in [0, 0.1) is 0 Å². The smallest absolute Gasteiger partial charge is 0.249 e. The number of hydrogen-bond donors (Lipinski definition) is 1. The summed E-state index contributed by atoms with van der Waals surface area (Å²) in [5.41, 5.74) is -1.01. The van der Waals surface area contributed by atoms with Crippen LogP contribution in [-0.2, 0) is 14.3 Å². The van der Waals surface area contributed by atoms with Gasteiger partial charge in [-0.1, -0.05) is 13.8 Å². The normalized spacial score (nSPS) is 29.2. The number of amides is 2. The predicted octanol–water partition coefficient (Wildman–Crippen LogP) is 1.46. The standard InChI is InChI=1S/C15H26N2O3/c1-5-15(6-2)13(19)17(11(3)12(18)16-15)14(4)7-9-20-10-8-14/h11H,5-10H2,1-4H3,(H,16,18). The summed E-state index contributed by atoms with van der Waals surface area (Å²) in [7, 11) is 0. The number of carbonyl (C=O) groups is 2. The molecule has 5 nitrogen and oxygen atoms in total. The van der Waals surface area contributed by atoms with Crippen molar-refractivity contribution in [3.63, 3.8) is 0 Å². The van der Waals surface area contributed by atoms with Crippen molar-refractivity contribution < 1.29 is 14.3 Å². The predicted molar refractivity (Wildman–Crippen MR) is 76.2 cm³/mol. The number of piperazine rings is 1. The van der Waals surface area contributed by atoms with Crippen LogP contribution in [0.4, 0.5) is 0 Å². The van der Waals surface area contributed by atoms with Crippen molar-refractivity contribution in [2.24, 2.45) is 0 Å². The Morgan fingerprint density at radius 3 is 2.30 bits per heavy atom. The van der Waals surface area contributed by atoms with Crippen molar-refractivity contribution in [1.82, 2.24) is 10.2 Å². The molecule has 2 fully saturated rings. The van der Waals surface area contributed by atoms with E-state index in [4.69, 9.17) is 4.74 Å². The summed E-state index contributed by atoms with van der Waals surface area (Å²) < 4.78 is 5.42. The summed E-state index contributed by atoms with van der Waals surface area (Å²) in [6.45, 7) is 9.13. The molecule has 114 valence electrons. The van der Waals surface area contributed by atoms with Gasteiger partial charge in [-0.25, -0.2) is 0 Å². The van der Waals surface area contributed by atoms with Crippen LogP contribution in [-0.4, -0.2) is 47.0 Å². The molecule has 2 amide bonds. The van der Waals surface area contributed by atoms with Gasteiger partial charge in [0.2, 0.25) is 11.8 Å². The second-order valence-electron chi connectivity index (χ2n) is 6.24. The van der Waals surface area contributed by atoms with Crippen LogP contribution < -0.4 is 5.32 Å². The molecule has 1 N–H and O–H groups in total. The Morgan fingerprint density at radius 1 is 1.25 bits per heavy atom. The van der Waals surface area contributed by atoms with E-state index in [0.29, 0.717) is 26.1 Å². The van der Waals surface area contributed by atoms with Crippen molar-refractivity contribution in [1.29, 1.82) is 0 Å². The van der Waals surface area contributed by atoms with E-state index in [1.165, 1.54) is 0 Å². The van der Waals surface area contributed by atoms with Crippen LogP contribution in [0.1, 0.15) is 53.4 Å². The molecule has 2 aliphatic rings. The summed E-state index contributed by atoms with van der Waals surface area (Å²) in [6.07, 6.45) is 2.84. The lowest BCUT2D eigenvalue weighted by atomic mass is 9.81. The molecule has 2 rings (SSSR count). The Bertz CT molecular complexity index is 398. The second-order valence-corrected chi connectivity index (χ2v) is 6.24. The Balaban J connectivity index is 2.38. The van der Waals surface area contributed by atoms with Gasteiger partial charge >= 0.3 is 0 Å². The third-order valence-corrected chi connectivity index (χ3v) is 5.12. The molecule has 0 spiro atoms. The fraction of sp³-hybridized carbons (Fsp3) is 0.867. The van der Waals surface area contributed by atoms with Gasteiger partial charge in [0.05, 0.1) is 0 Å². The zero-order valence-electron chi connectivity index (χ0n) is 13.0. The van der Waals surface area contributed by atoms with Crippen LogP contribution in [0.3, 0.4) is 0 Å². The summed E-state index contributed by atoms with van der Waals surface area (Å²) in [6, 6.07) is -0.406. The first kappa shape index (κ1) is 15.3. The molecule has 0 saturated carbocycles. The van der Waals surface area contributed by atoms with Gasteiger partial charge in [0.25, 0.3) is 0 Å². The molecule has 0 aliphatic carbocycles. The highest BCUT2D eigenvalue weighted by molar-refractivity contribution is 6.00. The lowest BCUT2D eigenvalue weighted by Crippen LogP contribution is -2.74. The van der Waals surface area contributed by atoms with Crippen LogP contribution in [0.5, 0.6) is 0 Å². The van der Waals surface area contributed by atoms with E-state index in [9.17, 15) is 9.59 Å². The van der Waals surface area contributed by atoms with Crippen molar-refractivity contribution in [3.8, 4) is 0 Å². The lowest BCUT2D eigenvalue weighted by Gasteiger charge is -2.53. The minimum absolute atomic E-state index is 0.0407. The van der Waals surface area contributed by atoms with Crippen LogP contribution in [0.15, 0.2) is 0 Å². The first-order valence-electron chi connectivity index (χ1n) is 7.64. The Morgan fingerprint density at radius 2 is 1.80 bits per heavy atom. The Kier molecular flexibility index (Phi) is 4.09. The van der Waals surface area contributed by atoms with Gasteiger partial charge in [0.15, 0.2) is 0 Å². The molecule has 2 aliphatic heterocycles. The Labute approximate surface area is 121 Å². The van der Waals surface area contributed by atoms with Crippen LogP contribution in [0.25, 0.3) is 0 Å². The van der Waals surface area contributed by atoms with Gasteiger partial charge in [-0.3, -0.25) is 9.59 Å². The van der Waals surface area contributed by atoms with Gasteiger partial charge in [-0.2, -0.15) is 0 Å². The maximum Gasteiger partial charge on any atom is 0.249 e. The summed E-state index contributed by atoms with van der Waals surface area (Å²) in [5, 5.41) is 2.95. The average Bonchev–Trinajstić information content (AvgIpc) is 2.44. The molecule has 20 heavy (non-hydrogen) atoms. The molecule has 0 aromatic rings. The van der Waals surface area contributed by atoms with E-state index in [-0.39, 0.29) is 17.4 Å². The quantitative estimate of drug-likeness (QED) is 0.852. The molecule has 2 saturated heterocycles. The maximum absolute atomic E-state index is 13.0. The summed E-state index contributed by atoms with van der Waals surface area (Å²) in [5.74, 6) is 0.0278. The molecule has 0 radical (unpaired) electrons. The first-order chi connectivity index (χ1) is 9.40. The van der Waals surface area contributed by atoms with E-state index in [1.807, 2.05) is 25.7 Å². The van der Waals surface area contributed by atoms with Crippen molar-refractivity contribution in [3.05, 3.63) is 0 Å². The number of ether oxygens (including phenoxy) is 1. The van der Waals surface area contributed by atoms with Crippen LogP contribution in [0.2, 0.25) is 0 Å². The minimum Gasteiger partial charge on any atom is -0.381 e. The van der Waals surface area contributed by atoms with Gasteiger partial charge in [0.1, 0.15) is 11.6 Å². The highest BCUT2D eigenvalue weighted by Crippen LogP contribution is 2.35. The topological polar surface area (TPSA) is 58.6 Å². The van der Waals surface area contributed by atoms with Gasteiger partial charge in [0, 0.05) is 18.8 Å². The molecule has 0 aromatic heterocycles. The Hall–Kier alpha value is -1.10. The molecule has 0 aromatic carbocycles. The molecule has 1 atom stereocenters. The van der Waals surface area contributed by atoms with Crippen LogP contribution >= 0.6 is 0 Å². The van der Waals surface area contributed by atoms with Crippen molar-refractivity contribution >= 4 is 11.8 Å². The number of nitrogens with one attached hydrogen (secondary N) is 1. The third kappa shape index (κ3) is 2.22. The van der Waals surface area contributed by atoms with Gasteiger partial charge < -0.3 is 15.0 Å². The maximum atomic E-state index is 13.0. The monoisotopic (exact) mass is 282 g/mol. The molecule has 0 bridgehead atoms. The van der Waals surface area contributed by atoms with Gasteiger partial charge in [-0.05, 0) is 39.5 Å². The average molecular weight is 282 g/mol. The van der Waals surface area contributed by atoms with E-state index in [2.05, 4.69) is 12.2 Å². The van der Waals surface area contributed by atoms with E-state index < -0.39 is 11.6 Å². The molecular formula is C15H26N2O3. The minimum atomic E-state index is -0.731. The highest BCUT2D eigenvalue weighted by atomic mass is 16.5. The number of carbonyl (C=O) groups excluding carboxylic acids is 2. The molecule has 5 heteroatoms. The number of rotatable bonds is 3. The lowest BCUT2D eigenvalue weighted by molar-refractivity contribution is -0.166. The molecular weight excluding hydrogens is 256 g/mol. The summed E-state index contributed by atoms with van der Waals surface area (Å²) in [4.78, 5) is 27.2. The fourth-order valence-electron chi connectivity index (χ4n) is 3.41. The van der Waals surface area contributed by atoms with Crippen molar-refractivity contribution in [2.75, 3.05) is 13.2 Å². The zero-order chi connectivity index (χ0) is 15.0. The second kappa shape index (κ2) is 5.35. The van der Waals surface area contributed by atoms with E-state index in [0.717, 1.165) is 12.8 Å². The fourth-order valence-corrected chi connectivity index (χ4v) is 3.41. The summed E-state index contributed by atoms with van der Waals surface area (Å²) >= 11 is 0. The molecule has 2 heterocycles. The zero-order valence-corrected chi connectivity index (χ0v) is 13.0. The highest BCUT2D eigenvalue weighted by Gasteiger charge is 2.53. The first-order valence-corrected chi connectivity index (χ1v) is 7.64. The van der Waals surface area contributed by atoms with Gasteiger partial charge in [-0.15, -0.1) is 0 Å². The van der Waals surface area contributed by atoms with E-state index in [1.54, 1.807) is 0 Å². The molecule has 1 unspecified atom stereocenters. The van der Waals surface area contributed by atoms with Crippen molar-refractivity contribution in [2.45, 2.75) is 70.5 Å². The third-order valence-electron chi connectivity index (χ3n) is 5.12. The SMILES string of the molecule is CCC1(CC)NC(=O)C(C)N(C2(C)CCOCC2)C1=O.